The molecule has 0 atom stereocenters. The van der Waals surface area contributed by atoms with E-state index in [1.165, 1.54) is 25.1 Å². The Morgan fingerprint density at radius 3 is 2.21 bits per heavy atom. The minimum absolute atomic E-state index is 0.0285. The first kappa shape index (κ1) is 24.0. The van der Waals surface area contributed by atoms with Gasteiger partial charge >= 0.3 is 5.97 Å². The molecule has 2 amide bonds. The third-order valence-corrected chi connectivity index (χ3v) is 3.90. The van der Waals surface area contributed by atoms with Gasteiger partial charge in [0.15, 0.2) is 5.78 Å². The number of hydrogen-bond donors (Lipinski definition) is 3. The molecule has 1 aromatic rings. The zero-order valence-electron chi connectivity index (χ0n) is 16.7. The van der Waals surface area contributed by atoms with Crippen LogP contribution in [0.1, 0.15) is 54.3 Å². The highest BCUT2D eigenvalue weighted by atomic mass is 16.5. The van der Waals surface area contributed by atoms with Crippen LogP contribution in [-0.2, 0) is 19.1 Å². The molecule has 0 saturated carbocycles. The Labute approximate surface area is 168 Å². The van der Waals surface area contributed by atoms with Crippen molar-refractivity contribution < 1.29 is 33.8 Å². The van der Waals surface area contributed by atoms with E-state index in [1.807, 2.05) is 0 Å². The summed E-state index contributed by atoms with van der Waals surface area (Å²) in [5, 5.41) is 13.4. The zero-order valence-corrected chi connectivity index (χ0v) is 16.7. The Kier molecular flexibility index (Phi) is 9.67. The van der Waals surface area contributed by atoms with Crippen LogP contribution in [0.15, 0.2) is 18.2 Å². The molecule has 0 spiro atoms. The predicted molar refractivity (Wildman–Crippen MR) is 105 cm³/mol. The maximum Gasteiger partial charge on any atom is 0.322 e. The summed E-state index contributed by atoms with van der Waals surface area (Å²) in [7, 11) is 0. The monoisotopic (exact) mass is 406 g/mol. The first-order valence-corrected chi connectivity index (χ1v) is 9.16. The standard InChI is InChI=1S/C20H26N2O7/c1-12(2)17(24)4-6-29-7-5-18(25)22-16-9-14(13(3)23)8-15(10-16)20(28)21-11-19(26)27/h8-10,12H,4-7,11H2,1-3H3,(H,21,28)(H,22,25)(H,26,27). The third-order valence-electron chi connectivity index (χ3n) is 3.90. The topological polar surface area (TPSA) is 139 Å². The van der Waals surface area contributed by atoms with Gasteiger partial charge in [-0.1, -0.05) is 13.8 Å². The molecule has 9 nitrogen and oxygen atoms in total. The molecule has 0 aromatic heterocycles. The number of anilines is 1. The van der Waals surface area contributed by atoms with Crippen LogP contribution < -0.4 is 10.6 Å². The number of carbonyl (C=O) groups excluding carboxylic acids is 4. The number of nitrogens with one attached hydrogen (secondary N) is 2. The molecule has 0 aliphatic rings. The van der Waals surface area contributed by atoms with Crippen molar-refractivity contribution in [1.29, 1.82) is 0 Å². The van der Waals surface area contributed by atoms with E-state index in [0.29, 0.717) is 0 Å². The molecule has 29 heavy (non-hydrogen) atoms. The summed E-state index contributed by atoms with van der Waals surface area (Å²) >= 11 is 0. The van der Waals surface area contributed by atoms with E-state index >= 15 is 0 Å². The number of carbonyl (C=O) groups is 5. The summed E-state index contributed by atoms with van der Waals surface area (Å²) in [6.45, 7) is 4.71. The second kappa shape index (κ2) is 11.7. The fourth-order valence-electron chi connectivity index (χ4n) is 2.24. The lowest BCUT2D eigenvalue weighted by Gasteiger charge is -2.10. The molecule has 0 heterocycles. The highest BCUT2D eigenvalue weighted by molar-refractivity contribution is 6.03. The van der Waals surface area contributed by atoms with E-state index in [-0.39, 0.29) is 60.4 Å². The molecule has 3 N–H and O–H groups in total. The van der Waals surface area contributed by atoms with Gasteiger partial charge in [-0.15, -0.1) is 0 Å². The molecule has 0 radical (unpaired) electrons. The van der Waals surface area contributed by atoms with Crippen LogP contribution in [0, 0.1) is 5.92 Å². The molecule has 0 aliphatic heterocycles. The highest BCUT2D eigenvalue weighted by Gasteiger charge is 2.13. The van der Waals surface area contributed by atoms with Crippen LogP contribution in [0.5, 0.6) is 0 Å². The van der Waals surface area contributed by atoms with E-state index in [1.54, 1.807) is 13.8 Å². The number of hydrogen-bond acceptors (Lipinski definition) is 6. The van der Waals surface area contributed by atoms with Gasteiger partial charge in [-0.3, -0.25) is 24.0 Å². The first-order valence-electron chi connectivity index (χ1n) is 9.16. The Morgan fingerprint density at radius 1 is 1.00 bits per heavy atom. The van der Waals surface area contributed by atoms with E-state index in [9.17, 15) is 24.0 Å². The van der Waals surface area contributed by atoms with Gasteiger partial charge in [0, 0.05) is 29.2 Å². The summed E-state index contributed by atoms with van der Waals surface area (Å²) in [6, 6.07) is 4.10. The Hall–Kier alpha value is -3.07. The maximum absolute atomic E-state index is 12.1. The van der Waals surface area contributed by atoms with Crippen molar-refractivity contribution in [3.05, 3.63) is 29.3 Å². The molecule has 0 saturated heterocycles. The third kappa shape index (κ3) is 9.11. The van der Waals surface area contributed by atoms with E-state index in [0.717, 1.165) is 0 Å². The summed E-state index contributed by atoms with van der Waals surface area (Å²) in [5.74, 6) is -2.56. The van der Waals surface area contributed by atoms with Crippen molar-refractivity contribution in [3.63, 3.8) is 0 Å². The summed E-state index contributed by atoms with van der Waals surface area (Å²) in [5.41, 5.74) is 0.489. The van der Waals surface area contributed by atoms with Crippen LogP contribution in [0.3, 0.4) is 0 Å². The second-order valence-corrected chi connectivity index (χ2v) is 6.71. The number of aliphatic carboxylic acids is 1. The van der Waals surface area contributed by atoms with E-state index in [2.05, 4.69) is 10.6 Å². The quantitative estimate of drug-likeness (QED) is 0.354. The molecular weight excluding hydrogens is 380 g/mol. The van der Waals surface area contributed by atoms with Gasteiger partial charge in [-0.25, -0.2) is 0 Å². The lowest BCUT2D eigenvalue weighted by atomic mass is 10.1. The van der Waals surface area contributed by atoms with Crippen molar-refractivity contribution in [2.75, 3.05) is 25.1 Å². The molecule has 0 fully saturated rings. The number of carboxylic acid groups (broad SMARTS) is 1. The molecule has 9 heteroatoms. The van der Waals surface area contributed by atoms with Crippen LogP contribution in [0.25, 0.3) is 0 Å². The summed E-state index contributed by atoms with van der Waals surface area (Å²) < 4.78 is 5.29. The largest absolute Gasteiger partial charge is 0.480 e. The maximum atomic E-state index is 12.1. The number of amides is 2. The van der Waals surface area contributed by atoms with Crippen molar-refractivity contribution in [1.82, 2.24) is 5.32 Å². The lowest BCUT2D eigenvalue weighted by Crippen LogP contribution is -2.29. The average molecular weight is 406 g/mol. The molecule has 1 rings (SSSR count). The molecule has 0 unspecified atom stereocenters. The minimum Gasteiger partial charge on any atom is -0.480 e. The van der Waals surface area contributed by atoms with E-state index < -0.39 is 24.3 Å². The van der Waals surface area contributed by atoms with Gasteiger partial charge in [0.2, 0.25) is 5.91 Å². The number of carboxylic acids is 1. The number of rotatable bonds is 12. The van der Waals surface area contributed by atoms with Gasteiger partial charge in [0.25, 0.3) is 5.91 Å². The van der Waals surface area contributed by atoms with Crippen molar-refractivity contribution in [2.24, 2.45) is 5.92 Å². The van der Waals surface area contributed by atoms with Gasteiger partial charge in [-0.05, 0) is 25.1 Å². The fraction of sp³-hybridized carbons (Fsp3) is 0.450. The Balaban J connectivity index is 2.66. The van der Waals surface area contributed by atoms with Crippen molar-refractivity contribution in [3.8, 4) is 0 Å². The number of ether oxygens (including phenoxy) is 1. The summed E-state index contributed by atoms with van der Waals surface area (Å²) in [4.78, 5) is 57.9. The van der Waals surface area contributed by atoms with Gasteiger partial charge < -0.3 is 20.5 Å². The first-order chi connectivity index (χ1) is 13.6. The summed E-state index contributed by atoms with van der Waals surface area (Å²) in [6.07, 6.45) is 0.315. The van der Waals surface area contributed by atoms with Crippen LogP contribution in [-0.4, -0.2) is 54.2 Å². The second-order valence-electron chi connectivity index (χ2n) is 6.71. The predicted octanol–water partition coefficient (Wildman–Crippen LogP) is 1.66. The van der Waals surface area contributed by atoms with Gasteiger partial charge in [-0.2, -0.15) is 0 Å². The van der Waals surface area contributed by atoms with Gasteiger partial charge in [0.1, 0.15) is 12.3 Å². The Bertz CT molecular complexity index is 787. The van der Waals surface area contributed by atoms with Crippen LogP contribution in [0.4, 0.5) is 5.69 Å². The van der Waals surface area contributed by atoms with E-state index in [4.69, 9.17) is 9.84 Å². The normalized spacial score (nSPS) is 10.5. The van der Waals surface area contributed by atoms with Crippen LogP contribution >= 0.6 is 0 Å². The Morgan fingerprint density at radius 2 is 1.62 bits per heavy atom. The molecular formula is C20H26N2O7. The van der Waals surface area contributed by atoms with Crippen LogP contribution in [0.2, 0.25) is 0 Å². The molecule has 1 aromatic carbocycles. The van der Waals surface area contributed by atoms with Gasteiger partial charge in [0.05, 0.1) is 19.6 Å². The number of benzene rings is 1. The highest BCUT2D eigenvalue weighted by Crippen LogP contribution is 2.16. The zero-order chi connectivity index (χ0) is 22.0. The number of ketones is 2. The molecule has 0 bridgehead atoms. The fourth-order valence-corrected chi connectivity index (χ4v) is 2.24. The molecule has 0 aliphatic carbocycles. The molecule has 158 valence electrons. The van der Waals surface area contributed by atoms with Crippen molar-refractivity contribution >= 4 is 35.0 Å². The number of Topliss-reactive ketones (excluding diaryl/α,β-unsaturated/α-hetero) is 2. The lowest BCUT2D eigenvalue weighted by molar-refractivity contribution is -0.135. The smallest absolute Gasteiger partial charge is 0.322 e. The van der Waals surface area contributed by atoms with Crippen molar-refractivity contribution in [2.45, 2.75) is 33.6 Å². The average Bonchev–Trinajstić information content (AvgIpc) is 2.65. The SMILES string of the molecule is CC(=O)c1cc(NC(=O)CCOCCC(=O)C(C)C)cc(C(=O)NCC(=O)O)c1. The minimum atomic E-state index is -1.20.